The van der Waals surface area contributed by atoms with Gasteiger partial charge in [-0.05, 0) is 24.3 Å². The summed E-state index contributed by atoms with van der Waals surface area (Å²) < 4.78 is 0. The van der Waals surface area contributed by atoms with Gasteiger partial charge in [0, 0.05) is 12.3 Å². The summed E-state index contributed by atoms with van der Waals surface area (Å²) in [5.41, 5.74) is 0. The third-order valence-corrected chi connectivity index (χ3v) is 8.77. The molecule has 102 valence electrons. The second kappa shape index (κ2) is 6.11. The molecule has 0 aromatic heterocycles. The summed E-state index contributed by atoms with van der Waals surface area (Å²) in [6.45, 7) is 3.43. The molecule has 0 spiro atoms. The Kier molecular flexibility index (Phi) is 4.24. The highest BCUT2D eigenvalue weighted by molar-refractivity contribution is 8.15. The van der Waals surface area contributed by atoms with Crippen molar-refractivity contribution in [2.45, 2.75) is 0 Å². The maximum Gasteiger partial charge on any atom is 0.116 e. The van der Waals surface area contributed by atoms with Gasteiger partial charge in [0.05, 0.1) is 24.5 Å². The van der Waals surface area contributed by atoms with E-state index in [2.05, 4.69) is 72.3 Å². The minimum absolute atomic E-state index is 0.990. The first kappa shape index (κ1) is 13.9. The molecular weight excluding hydrogens is 281 g/mol. The lowest BCUT2D eigenvalue weighted by Gasteiger charge is -2.22. The first-order valence-corrected chi connectivity index (χ1v) is 10.3. The normalized spacial score (nSPS) is 15.2. The lowest BCUT2D eigenvalue weighted by Crippen LogP contribution is -2.26. The van der Waals surface area contributed by atoms with Crippen LogP contribution in [0.2, 0.25) is 0 Å². The lowest BCUT2D eigenvalue weighted by atomic mass is 10.4. The molecule has 0 bridgehead atoms. The Morgan fingerprint density at radius 3 is 1.95 bits per heavy atom. The van der Waals surface area contributed by atoms with E-state index in [-0.39, 0.29) is 0 Å². The van der Waals surface area contributed by atoms with Crippen LogP contribution in [0.1, 0.15) is 0 Å². The molecule has 0 saturated heterocycles. The molecule has 0 unspecified atom stereocenters. The van der Waals surface area contributed by atoms with Crippen molar-refractivity contribution >= 4 is 34.7 Å². The van der Waals surface area contributed by atoms with Crippen molar-refractivity contribution < 1.29 is 0 Å². The summed E-state index contributed by atoms with van der Waals surface area (Å²) in [4.78, 5) is 4.68. The van der Waals surface area contributed by atoms with Crippen LogP contribution in [0.25, 0.3) is 0 Å². The molecule has 1 heterocycles. The maximum absolute atomic E-state index is 4.68. The Hall–Kier alpha value is -1.11. The highest BCUT2D eigenvalue weighted by atomic mass is 32.2. The number of aliphatic imine (C=N–C) groups is 1. The van der Waals surface area contributed by atoms with Crippen LogP contribution in [0.5, 0.6) is 0 Å². The fourth-order valence-corrected chi connectivity index (χ4v) is 7.30. The van der Waals surface area contributed by atoms with E-state index in [1.165, 1.54) is 15.7 Å². The van der Waals surface area contributed by atoms with Gasteiger partial charge in [-0.25, -0.2) is 0 Å². The van der Waals surface area contributed by atoms with Gasteiger partial charge in [0.15, 0.2) is 0 Å². The van der Waals surface area contributed by atoms with Gasteiger partial charge in [-0.3, -0.25) is 4.99 Å². The Bertz CT molecular complexity index is 555. The van der Waals surface area contributed by atoms with Crippen molar-refractivity contribution in [2.75, 3.05) is 25.1 Å². The van der Waals surface area contributed by atoms with Crippen molar-refractivity contribution in [3.63, 3.8) is 0 Å². The van der Waals surface area contributed by atoms with Gasteiger partial charge in [0.25, 0.3) is 0 Å². The second-order valence-electron chi connectivity index (χ2n) is 5.14. The van der Waals surface area contributed by atoms with Gasteiger partial charge in [0.1, 0.15) is 11.2 Å². The van der Waals surface area contributed by atoms with Gasteiger partial charge in [-0.1, -0.05) is 36.4 Å². The summed E-state index contributed by atoms with van der Waals surface area (Å²) in [6.07, 6.45) is 1.10. The predicted octanol–water partition coefficient (Wildman–Crippen LogP) is 3.43. The van der Waals surface area contributed by atoms with Gasteiger partial charge >= 0.3 is 0 Å². The average molecular weight is 300 g/mol. The predicted molar refractivity (Wildman–Crippen MR) is 94.6 cm³/mol. The second-order valence-corrected chi connectivity index (χ2v) is 10.0. The maximum atomic E-state index is 4.68. The van der Waals surface area contributed by atoms with Crippen LogP contribution in [0.15, 0.2) is 65.7 Å². The third kappa shape index (κ3) is 2.82. The summed E-state index contributed by atoms with van der Waals surface area (Å²) in [6, 6.07) is 21.9. The molecule has 0 fully saturated rings. The zero-order chi connectivity index (χ0) is 13.8. The molecule has 0 atom stereocenters. The summed E-state index contributed by atoms with van der Waals surface area (Å²) in [5.74, 6) is 1.15. The molecule has 1 aliphatic rings. The fraction of sp³-hybridized carbons (Fsp3) is 0.235. The molecule has 0 amide bonds. The molecule has 0 aliphatic carbocycles. The molecule has 1 nitrogen and oxygen atoms in total. The number of hydrogen-bond donors (Lipinski definition) is 0. The quantitative estimate of drug-likeness (QED) is 0.788. The van der Waals surface area contributed by atoms with Crippen molar-refractivity contribution in [3.05, 3.63) is 60.7 Å². The first-order valence-electron chi connectivity index (χ1n) is 6.92. The summed E-state index contributed by atoms with van der Waals surface area (Å²) >= 11 is 1.94. The Balaban J connectivity index is 2.03. The largest absolute Gasteiger partial charge is 0.278 e. The Labute approximate surface area is 125 Å². The minimum Gasteiger partial charge on any atom is -0.278 e. The van der Waals surface area contributed by atoms with Gasteiger partial charge in [-0.15, -0.1) is 11.8 Å². The van der Waals surface area contributed by atoms with E-state index in [1.807, 2.05) is 11.8 Å². The zero-order valence-corrected chi connectivity index (χ0v) is 13.4. The summed E-state index contributed by atoms with van der Waals surface area (Å²) in [7, 11) is -1.37. The van der Waals surface area contributed by atoms with Crippen molar-refractivity contribution in [2.24, 2.45) is 4.99 Å². The molecular formula is C17H19NPS+. The molecule has 2 aromatic rings. The van der Waals surface area contributed by atoms with Crippen LogP contribution in [0.4, 0.5) is 0 Å². The lowest BCUT2D eigenvalue weighted by molar-refractivity contribution is 1.17. The zero-order valence-electron chi connectivity index (χ0n) is 11.7. The van der Waals surface area contributed by atoms with Crippen molar-refractivity contribution in [1.82, 2.24) is 0 Å². The van der Waals surface area contributed by atoms with Crippen molar-refractivity contribution in [3.8, 4) is 0 Å². The molecule has 1 aliphatic heterocycles. The van der Waals surface area contributed by atoms with E-state index in [0.29, 0.717) is 0 Å². The van der Waals surface area contributed by atoms with Crippen LogP contribution in [-0.4, -0.2) is 30.2 Å². The topological polar surface area (TPSA) is 12.4 Å². The first-order chi connectivity index (χ1) is 9.79. The Morgan fingerprint density at radius 2 is 1.50 bits per heavy atom. The standard InChI is InChI=1S/C17H19NPS/c1-19(14-17-18-12-13-20-17,15-8-4-2-5-9-15)16-10-6-3-7-11-16/h2-11H,12-14H2,1H3/q+1. The number of hydrogen-bond acceptors (Lipinski definition) is 2. The SMILES string of the molecule is C[P+](CC1=NCCS1)(c1ccccc1)c1ccccc1. The molecule has 0 saturated carbocycles. The van der Waals surface area contributed by atoms with Gasteiger partial charge < -0.3 is 0 Å². The molecule has 3 heteroatoms. The Morgan fingerprint density at radius 1 is 0.950 bits per heavy atom. The minimum atomic E-state index is -1.37. The van der Waals surface area contributed by atoms with E-state index in [4.69, 9.17) is 0 Å². The smallest absolute Gasteiger partial charge is 0.116 e. The molecule has 2 aromatic carbocycles. The molecule has 20 heavy (non-hydrogen) atoms. The highest BCUT2D eigenvalue weighted by Crippen LogP contribution is 2.53. The van der Waals surface area contributed by atoms with Crippen molar-refractivity contribution in [1.29, 1.82) is 0 Å². The van der Waals surface area contributed by atoms with E-state index in [9.17, 15) is 0 Å². The third-order valence-electron chi connectivity index (χ3n) is 3.75. The van der Waals surface area contributed by atoms with Crippen LogP contribution < -0.4 is 10.6 Å². The van der Waals surface area contributed by atoms with E-state index in [0.717, 1.165) is 18.5 Å². The molecule has 0 N–H and O–H groups in total. The fourth-order valence-electron chi connectivity index (χ4n) is 2.59. The van der Waals surface area contributed by atoms with Gasteiger partial charge in [0.2, 0.25) is 0 Å². The van der Waals surface area contributed by atoms with Crippen LogP contribution >= 0.6 is 19.0 Å². The monoisotopic (exact) mass is 300 g/mol. The summed E-state index contributed by atoms with van der Waals surface area (Å²) in [5, 5.41) is 4.29. The number of rotatable bonds is 4. The highest BCUT2D eigenvalue weighted by Gasteiger charge is 2.39. The van der Waals surface area contributed by atoms with Gasteiger partial charge in [-0.2, -0.15) is 0 Å². The van der Waals surface area contributed by atoms with E-state index in [1.54, 1.807) is 0 Å². The van der Waals surface area contributed by atoms with Crippen LogP contribution in [0, 0.1) is 0 Å². The number of benzene rings is 2. The van der Waals surface area contributed by atoms with E-state index < -0.39 is 7.26 Å². The van der Waals surface area contributed by atoms with E-state index >= 15 is 0 Å². The number of nitrogens with zero attached hydrogens (tertiary/aromatic N) is 1. The molecule has 3 rings (SSSR count). The number of thioether (sulfide) groups is 1. The van der Waals surface area contributed by atoms with Crippen LogP contribution in [0.3, 0.4) is 0 Å². The average Bonchev–Trinajstić information content (AvgIpc) is 3.02. The molecule has 0 radical (unpaired) electrons. The van der Waals surface area contributed by atoms with Crippen LogP contribution in [-0.2, 0) is 0 Å².